The first-order valence-electron chi connectivity index (χ1n) is 5.60. The van der Waals surface area contributed by atoms with E-state index in [2.05, 4.69) is 30.8 Å². The second-order valence-electron chi connectivity index (χ2n) is 4.77. The Morgan fingerprint density at radius 2 is 1.86 bits per heavy atom. The Kier molecular flexibility index (Phi) is 1.61. The Labute approximate surface area is 85.6 Å². The maximum Gasteiger partial charge on any atom is -0.00436 e. The van der Waals surface area contributed by atoms with E-state index in [4.69, 9.17) is 0 Å². The maximum atomic E-state index is 4.33. The van der Waals surface area contributed by atoms with Crippen molar-refractivity contribution >= 4 is 5.57 Å². The summed E-state index contributed by atoms with van der Waals surface area (Å²) in [6.07, 6.45) is 6.75. The van der Waals surface area contributed by atoms with Crippen molar-refractivity contribution in [2.24, 2.45) is 5.41 Å². The summed E-state index contributed by atoms with van der Waals surface area (Å²) in [6.45, 7) is 4.33. The second-order valence-corrected chi connectivity index (χ2v) is 4.77. The van der Waals surface area contributed by atoms with Crippen LogP contribution in [-0.2, 0) is 6.42 Å². The number of rotatable bonds is 0. The summed E-state index contributed by atoms with van der Waals surface area (Å²) in [5.41, 5.74) is 4.88. The largest absolute Gasteiger partial charge is 0.0947 e. The van der Waals surface area contributed by atoms with E-state index < -0.39 is 0 Å². The van der Waals surface area contributed by atoms with Crippen LogP contribution in [0.15, 0.2) is 30.8 Å². The Morgan fingerprint density at radius 1 is 1.07 bits per heavy atom. The van der Waals surface area contributed by atoms with E-state index in [1.165, 1.54) is 48.8 Å². The Balaban J connectivity index is 2.07. The predicted molar refractivity (Wildman–Crippen MR) is 60.1 cm³/mol. The molecular weight excluding hydrogens is 168 g/mol. The molecule has 0 N–H and O–H groups in total. The molecule has 14 heavy (non-hydrogen) atoms. The van der Waals surface area contributed by atoms with E-state index in [1.54, 1.807) is 0 Å². The zero-order valence-electron chi connectivity index (χ0n) is 8.55. The fourth-order valence-electron chi connectivity index (χ4n) is 3.00. The molecule has 2 aliphatic carbocycles. The molecular formula is C14H16. The van der Waals surface area contributed by atoms with Crippen molar-refractivity contribution < 1.29 is 0 Å². The van der Waals surface area contributed by atoms with Crippen LogP contribution in [0, 0.1) is 5.41 Å². The van der Waals surface area contributed by atoms with Gasteiger partial charge in [-0.05, 0) is 47.8 Å². The first-order valence-corrected chi connectivity index (χ1v) is 5.60. The first kappa shape index (κ1) is 8.28. The molecule has 0 bridgehead atoms. The molecule has 0 aliphatic heterocycles. The number of allylic oxidation sites excluding steroid dienone is 1. The molecule has 0 heteroatoms. The Bertz CT molecular complexity index is 383. The molecule has 0 atom stereocenters. The lowest BCUT2D eigenvalue weighted by molar-refractivity contribution is 0.197. The second kappa shape index (κ2) is 2.73. The smallest absolute Gasteiger partial charge is 0.00436 e. The van der Waals surface area contributed by atoms with Crippen LogP contribution < -0.4 is 0 Å². The van der Waals surface area contributed by atoms with E-state index in [-0.39, 0.29) is 0 Å². The SMILES string of the molecule is C=C1c2ccccc2CCC12CCC2. The molecule has 0 heterocycles. The molecule has 1 aromatic rings. The molecule has 0 unspecified atom stereocenters. The van der Waals surface area contributed by atoms with E-state index in [1.807, 2.05) is 0 Å². The molecule has 72 valence electrons. The van der Waals surface area contributed by atoms with Gasteiger partial charge in [0.05, 0.1) is 0 Å². The van der Waals surface area contributed by atoms with Gasteiger partial charge in [-0.25, -0.2) is 0 Å². The lowest BCUT2D eigenvalue weighted by Crippen LogP contribution is -2.33. The van der Waals surface area contributed by atoms with Gasteiger partial charge in [0.1, 0.15) is 0 Å². The molecule has 2 aliphatic rings. The van der Waals surface area contributed by atoms with Gasteiger partial charge in [0.15, 0.2) is 0 Å². The van der Waals surface area contributed by atoms with E-state index in [9.17, 15) is 0 Å². The average Bonchev–Trinajstić information content (AvgIpc) is 2.16. The normalized spacial score (nSPS) is 23.0. The maximum absolute atomic E-state index is 4.33. The van der Waals surface area contributed by atoms with Gasteiger partial charge in [-0.1, -0.05) is 37.3 Å². The van der Waals surface area contributed by atoms with Crippen LogP contribution in [0.4, 0.5) is 0 Å². The highest BCUT2D eigenvalue weighted by Crippen LogP contribution is 2.56. The van der Waals surface area contributed by atoms with Crippen molar-refractivity contribution in [2.75, 3.05) is 0 Å². The minimum atomic E-state index is 0.508. The standard InChI is InChI=1S/C14H16/c1-11-13-6-3-2-5-12(13)7-10-14(11)8-4-9-14/h2-3,5-6H,1,4,7-10H2. The van der Waals surface area contributed by atoms with Crippen molar-refractivity contribution in [3.8, 4) is 0 Å². The van der Waals surface area contributed by atoms with Crippen LogP contribution in [0.2, 0.25) is 0 Å². The van der Waals surface area contributed by atoms with Crippen molar-refractivity contribution in [2.45, 2.75) is 32.1 Å². The van der Waals surface area contributed by atoms with Gasteiger partial charge in [0.25, 0.3) is 0 Å². The third kappa shape index (κ3) is 0.943. The van der Waals surface area contributed by atoms with Gasteiger partial charge >= 0.3 is 0 Å². The molecule has 0 nitrogen and oxygen atoms in total. The average molecular weight is 184 g/mol. The fraction of sp³-hybridized carbons (Fsp3) is 0.429. The number of hydrogen-bond acceptors (Lipinski definition) is 0. The van der Waals surface area contributed by atoms with Crippen molar-refractivity contribution in [3.63, 3.8) is 0 Å². The zero-order chi connectivity index (χ0) is 9.60. The summed E-state index contributed by atoms with van der Waals surface area (Å²) in [6, 6.07) is 8.79. The summed E-state index contributed by atoms with van der Waals surface area (Å²) in [4.78, 5) is 0. The number of benzene rings is 1. The third-order valence-electron chi connectivity index (χ3n) is 4.17. The van der Waals surface area contributed by atoms with Gasteiger partial charge < -0.3 is 0 Å². The Hall–Kier alpha value is -1.04. The highest BCUT2D eigenvalue weighted by molar-refractivity contribution is 5.73. The summed E-state index contributed by atoms with van der Waals surface area (Å²) < 4.78 is 0. The van der Waals surface area contributed by atoms with Crippen LogP contribution in [0.5, 0.6) is 0 Å². The predicted octanol–water partition coefficient (Wildman–Crippen LogP) is 3.82. The first-order chi connectivity index (χ1) is 6.82. The zero-order valence-corrected chi connectivity index (χ0v) is 8.55. The van der Waals surface area contributed by atoms with Gasteiger partial charge in [-0.2, -0.15) is 0 Å². The highest BCUT2D eigenvalue weighted by atomic mass is 14.5. The summed E-state index contributed by atoms with van der Waals surface area (Å²) >= 11 is 0. The van der Waals surface area contributed by atoms with Crippen LogP contribution in [0.1, 0.15) is 36.8 Å². The number of fused-ring (bicyclic) bond motifs is 1. The van der Waals surface area contributed by atoms with E-state index in [0.717, 1.165) is 0 Å². The van der Waals surface area contributed by atoms with Crippen molar-refractivity contribution in [3.05, 3.63) is 42.0 Å². The van der Waals surface area contributed by atoms with Gasteiger partial charge in [-0.3, -0.25) is 0 Å². The molecule has 3 rings (SSSR count). The minimum Gasteiger partial charge on any atom is -0.0947 e. The summed E-state index contributed by atoms with van der Waals surface area (Å²) in [7, 11) is 0. The molecule has 0 saturated heterocycles. The quantitative estimate of drug-likeness (QED) is 0.575. The molecule has 1 fully saturated rings. The highest BCUT2D eigenvalue weighted by Gasteiger charge is 2.42. The Morgan fingerprint density at radius 3 is 2.57 bits per heavy atom. The lowest BCUT2D eigenvalue weighted by atomic mass is 9.57. The van der Waals surface area contributed by atoms with E-state index in [0.29, 0.717) is 5.41 Å². The topological polar surface area (TPSA) is 0 Å². The molecule has 1 saturated carbocycles. The third-order valence-corrected chi connectivity index (χ3v) is 4.17. The van der Waals surface area contributed by atoms with Crippen molar-refractivity contribution in [1.82, 2.24) is 0 Å². The van der Waals surface area contributed by atoms with Crippen LogP contribution in [-0.4, -0.2) is 0 Å². The van der Waals surface area contributed by atoms with Gasteiger partial charge in [0, 0.05) is 0 Å². The van der Waals surface area contributed by atoms with Crippen LogP contribution in [0.3, 0.4) is 0 Å². The summed E-state index contributed by atoms with van der Waals surface area (Å²) in [5, 5.41) is 0. The number of hydrogen-bond donors (Lipinski definition) is 0. The summed E-state index contributed by atoms with van der Waals surface area (Å²) in [5.74, 6) is 0. The van der Waals surface area contributed by atoms with Gasteiger partial charge in [0.2, 0.25) is 0 Å². The van der Waals surface area contributed by atoms with Crippen LogP contribution >= 0.6 is 0 Å². The van der Waals surface area contributed by atoms with Gasteiger partial charge in [-0.15, -0.1) is 0 Å². The molecule has 1 aromatic carbocycles. The lowest BCUT2D eigenvalue weighted by Gasteiger charge is -2.47. The number of aryl methyl sites for hydroxylation is 1. The van der Waals surface area contributed by atoms with Crippen molar-refractivity contribution in [1.29, 1.82) is 0 Å². The molecule has 0 amide bonds. The van der Waals surface area contributed by atoms with E-state index >= 15 is 0 Å². The molecule has 1 spiro atoms. The molecule has 0 radical (unpaired) electrons. The monoisotopic (exact) mass is 184 g/mol. The fourth-order valence-corrected chi connectivity index (χ4v) is 3.00. The minimum absolute atomic E-state index is 0.508. The molecule has 0 aromatic heterocycles. The van der Waals surface area contributed by atoms with Crippen LogP contribution in [0.25, 0.3) is 5.57 Å².